The summed E-state index contributed by atoms with van der Waals surface area (Å²) in [5.41, 5.74) is 1.79. The molecule has 1 N–H and O–H groups in total. The molecule has 1 heterocycles. The van der Waals surface area contributed by atoms with E-state index in [1.807, 2.05) is 43.3 Å². The largest absolute Gasteiger partial charge is 0.492 e. The molecule has 2 atom stereocenters. The van der Waals surface area contributed by atoms with Crippen LogP contribution in [0, 0.1) is 11.8 Å². The minimum Gasteiger partial charge on any atom is -0.492 e. The fourth-order valence-electron chi connectivity index (χ4n) is 3.07. The number of aromatic nitrogens is 1. The zero-order valence-electron chi connectivity index (χ0n) is 15.7. The third kappa shape index (κ3) is 4.84. The summed E-state index contributed by atoms with van der Waals surface area (Å²) in [7, 11) is 1.79. The molecule has 0 saturated heterocycles. The predicted molar refractivity (Wildman–Crippen MR) is 103 cm³/mol. The molecule has 2 aromatic rings. The first-order chi connectivity index (χ1) is 13.1. The molecule has 0 bridgehead atoms. The van der Waals surface area contributed by atoms with E-state index in [1.165, 1.54) is 0 Å². The predicted octanol–water partition coefficient (Wildman–Crippen LogP) is 2.76. The van der Waals surface area contributed by atoms with Gasteiger partial charge in [0.2, 0.25) is 11.8 Å². The van der Waals surface area contributed by atoms with Crippen LogP contribution in [0.2, 0.25) is 0 Å². The molecule has 2 unspecified atom stereocenters. The fraction of sp³-hybridized carbons (Fsp3) is 0.381. The smallest absolute Gasteiger partial charge is 0.228 e. The first kappa shape index (κ1) is 18.9. The zero-order valence-corrected chi connectivity index (χ0v) is 15.7. The Bertz CT molecular complexity index is 794. The molecule has 142 valence electrons. The van der Waals surface area contributed by atoms with Gasteiger partial charge in [0, 0.05) is 26.0 Å². The number of carbonyl (C=O) groups excluding carboxylic acids is 2. The number of nitrogens with zero attached hydrogens (tertiary/aromatic N) is 2. The lowest BCUT2D eigenvalue weighted by Crippen LogP contribution is -2.31. The number of ether oxygens (including phenoxy) is 1. The maximum atomic E-state index is 12.6. The second kappa shape index (κ2) is 8.66. The van der Waals surface area contributed by atoms with Crippen LogP contribution < -0.4 is 10.1 Å². The Morgan fingerprint density at radius 1 is 1.19 bits per heavy atom. The van der Waals surface area contributed by atoms with Gasteiger partial charge in [-0.2, -0.15) is 0 Å². The average Bonchev–Trinajstić information content (AvgIpc) is 3.49. The number of carbonyl (C=O) groups is 2. The summed E-state index contributed by atoms with van der Waals surface area (Å²) in [4.78, 5) is 30.8. The summed E-state index contributed by atoms with van der Waals surface area (Å²) < 4.78 is 5.53. The minimum atomic E-state index is -0.268. The van der Waals surface area contributed by atoms with Gasteiger partial charge in [-0.05, 0) is 49.6 Å². The van der Waals surface area contributed by atoms with Crippen LogP contribution in [0.5, 0.6) is 5.75 Å². The van der Waals surface area contributed by atoms with Gasteiger partial charge in [0.1, 0.15) is 5.75 Å². The Kier molecular flexibility index (Phi) is 6.06. The van der Waals surface area contributed by atoms with Crippen molar-refractivity contribution in [2.45, 2.75) is 19.8 Å². The number of para-hydroxylation sites is 2. The molecule has 0 spiro atoms. The van der Waals surface area contributed by atoms with Crippen LogP contribution in [0.1, 0.15) is 18.9 Å². The second-order valence-corrected chi connectivity index (χ2v) is 6.73. The average molecular weight is 367 g/mol. The monoisotopic (exact) mass is 367 g/mol. The number of hydrogen-bond donors (Lipinski definition) is 1. The number of rotatable bonds is 8. The van der Waals surface area contributed by atoms with Crippen molar-refractivity contribution in [1.82, 2.24) is 9.88 Å². The van der Waals surface area contributed by atoms with Crippen molar-refractivity contribution in [3.05, 3.63) is 54.4 Å². The van der Waals surface area contributed by atoms with E-state index in [0.717, 1.165) is 12.0 Å². The number of pyridine rings is 1. The van der Waals surface area contributed by atoms with Crippen molar-refractivity contribution in [3.8, 4) is 5.75 Å². The van der Waals surface area contributed by atoms with Gasteiger partial charge in [0.15, 0.2) is 0 Å². The molecule has 1 aliphatic carbocycles. The van der Waals surface area contributed by atoms with Crippen LogP contribution in [0.4, 0.5) is 5.69 Å². The first-order valence-electron chi connectivity index (χ1n) is 9.26. The highest BCUT2D eigenvalue weighted by atomic mass is 16.5. The standard InChI is InChI=1S/C21H25N3O3/c1-3-27-19-7-5-4-6-18(19)23-20(25)16-14-17(16)21(26)24(2)13-10-15-8-11-22-12-9-15/h4-9,11-12,16-17H,3,10,13-14H2,1-2H3,(H,23,25). The third-order valence-electron chi connectivity index (χ3n) is 4.75. The highest BCUT2D eigenvalue weighted by Crippen LogP contribution is 2.41. The molecule has 1 aromatic heterocycles. The molecule has 27 heavy (non-hydrogen) atoms. The SMILES string of the molecule is CCOc1ccccc1NC(=O)C1CC1C(=O)N(C)CCc1ccncc1. The zero-order chi connectivity index (χ0) is 19.2. The third-order valence-corrected chi connectivity index (χ3v) is 4.75. The Morgan fingerprint density at radius 2 is 1.93 bits per heavy atom. The van der Waals surface area contributed by atoms with E-state index >= 15 is 0 Å². The van der Waals surface area contributed by atoms with Crippen LogP contribution in [0.25, 0.3) is 0 Å². The van der Waals surface area contributed by atoms with Crippen LogP contribution >= 0.6 is 0 Å². The highest BCUT2D eigenvalue weighted by Gasteiger charge is 2.49. The Hall–Kier alpha value is -2.89. The van der Waals surface area contributed by atoms with Crippen LogP contribution in [-0.2, 0) is 16.0 Å². The van der Waals surface area contributed by atoms with E-state index in [2.05, 4.69) is 10.3 Å². The molecular weight excluding hydrogens is 342 g/mol. The minimum absolute atomic E-state index is 0.0299. The molecule has 6 heteroatoms. The van der Waals surface area contributed by atoms with Gasteiger partial charge < -0.3 is 15.0 Å². The molecule has 1 fully saturated rings. The Balaban J connectivity index is 1.51. The normalized spacial score (nSPS) is 17.9. The van der Waals surface area contributed by atoms with Gasteiger partial charge in [0.05, 0.1) is 24.1 Å². The number of nitrogens with one attached hydrogen (secondary N) is 1. The van der Waals surface area contributed by atoms with Crippen molar-refractivity contribution in [2.75, 3.05) is 25.5 Å². The second-order valence-electron chi connectivity index (χ2n) is 6.73. The fourth-order valence-corrected chi connectivity index (χ4v) is 3.07. The lowest BCUT2D eigenvalue weighted by atomic mass is 10.2. The van der Waals surface area contributed by atoms with Crippen molar-refractivity contribution in [2.24, 2.45) is 11.8 Å². The van der Waals surface area contributed by atoms with Gasteiger partial charge in [-0.25, -0.2) is 0 Å². The van der Waals surface area contributed by atoms with Crippen molar-refractivity contribution in [3.63, 3.8) is 0 Å². The number of hydrogen-bond acceptors (Lipinski definition) is 4. The molecule has 3 rings (SSSR count). The molecule has 1 aromatic carbocycles. The maximum Gasteiger partial charge on any atom is 0.228 e. The Morgan fingerprint density at radius 3 is 2.67 bits per heavy atom. The molecule has 0 radical (unpaired) electrons. The number of anilines is 1. The Labute approximate surface area is 159 Å². The molecule has 0 aliphatic heterocycles. The molecule has 1 aliphatic rings. The van der Waals surface area contributed by atoms with E-state index in [4.69, 9.17) is 4.74 Å². The quantitative estimate of drug-likeness (QED) is 0.779. The van der Waals surface area contributed by atoms with Crippen molar-refractivity contribution >= 4 is 17.5 Å². The molecular formula is C21H25N3O3. The summed E-state index contributed by atoms with van der Waals surface area (Å²) >= 11 is 0. The maximum absolute atomic E-state index is 12.6. The van der Waals surface area contributed by atoms with Crippen LogP contribution in [-0.4, -0.2) is 41.9 Å². The van der Waals surface area contributed by atoms with Gasteiger partial charge >= 0.3 is 0 Å². The molecule has 1 saturated carbocycles. The van der Waals surface area contributed by atoms with Crippen LogP contribution in [0.15, 0.2) is 48.8 Å². The lowest BCUT2D eigenvalue weighted by Gasteiger charge is -2.17. The van der Waals surface area contributed by atoms with E-state index in [0.29, 0.717) is 31.0 Å². The summed E-state index contributed by atoms with van der Waals surface area (Å²) in [6.07, 6.45) is 4.87. The topological polar surface area (TPSA) is 71.5 Å². The van der Waals surface area contributed by atoms with Gasteiger partial charge in [-0.15, -0.1) is 0 Å². The van der Waals surface area contributed by atoms with Crippen molar-refractivity contribution in [1.29, 1.82) is 0 Å². The van der Waals surface area contributed by atoms with E-state index in [9.17, 15) is 9.59 Å². The van der Waals surface area contributed by atoms with Gasteiger partial charge in [0.25, 0.3) is 0 Å². The number of amides is 2. The van der Waals surface area contributed by atoms with E-state index < -0.39 is 0 Å². The summed E-state index contributed by atoms with van der Waals surface area (Å²) in [6.45, 7) is 3.05. The lowest BCUT2D eigenvalue weighted by molar-refractivity contribution is -0.132. The van der Waals surface area contributed by atoms with Gasteiger partial charge in [-0.3, -0.25) is 14.6 Å². The number of likely N-dealkylation sites (N-methyl/N-ethyl adjacent to an activating group) is 1. The number of benzene rings is 1. The molecule has 6 nitrogen and oxygen atoms in total. The van der Waals surface area contributed by atoms with Gasteiger partial charge in [-0.1, -0.05) is 12.1 Å². The summed E-state index contributed by atoms with van der Waals surface area (Å²) in [5, 5.41) is 2.90. The summed E-state index contributed by atoms with van der Waals surface area (Å²) in [5.74, 6) is 0.0546. The van der Waals surface area contributed by atoms with Crippen molar-refractivity contribution < 1.29 is 14.3 Å². The first-order valence-corrected chi connectivity index (χ1v) is 9.26. The highest BCUT2D eigenvalue weighted by molar-refractivity contribution is 6.00. The molecule has 2 amide bonds. The van der Waals surface area contributed by atoms with E-state index in [1.54, 1.807) is 24.3 Å². The summed E-state index contributed by atoms with van der Waals surface area (Å²) in [6, 6.07) is 11.2. The van der Waals surface area contributed by atoms with Crippen LogP contribution in [0.3, 0.4) is 0 Å². The van der Waals surface area contributed by atoms with E-state index in [-0.39, 0.29) is 23.7 Å².